The summed E-state index contributed by atoms with van der Waals surface area (Å²) >= 11 is 0. The average Bonchev–Trinajstić information content (AvgIpc) is 2.94. The summed E-state index contributed by atoms with van der Waals surface area (Å²) < 4.78 is 48.2. The van der Waals surface area contributed by atoms with Crippen LogP contribution in [0, 0.1) is 34.5 Å². The van der Waals surface area contributed by atoms with Gasteiger partial charge in [-0.2, -0.15) is 13.2 Å². The van der Waals surface area contributed by atoms with Gasteiger partial charge in [-0.25, -0.2) is 0 Å². The summed E-state index contributed by atoms with van der Waals surface area (Å²) in [6.07, 6.45) is -0.257. The summed E-state index contributed by atoms with van der Waals surface area (Å²) in [6, 6.07) is 0. The van der Waals surface area contributed by atoms with E-state index in [2.05, 4.69) is 0 Å². The molecule has 0 unspecified atom stereocenters. The van der Waals surface area contributed by atoms with E-state index in [1.54, 1.807) is 0 Å². The number of halogens is 3. The molecule has 4 rings (SSSR count). The van der Waals surface area contributed by atoms with Gasteiger partial charge in [0.2, 0.25) is 0 Å². The SMILES string of the molecule is CC(=O)O[C@]1(C(C)=O)CC[C@H]2[C@@H]3C[C@H](C(F)(F)F)C4=CC(=O)CC[C@]4(C)[C@H]3CC[C@@]21C. The summed E-state index contributed by atoms with van der Waals surface area (Å²) in [4.78, 5) is 36.7. The van der Waals surface area contributed by atoms with Crippen LogP contribution >= 0.6 is 0 Å². The lowest BCUT2D eigenvalue weighted by molar-refractivity contribution is -0.204. The zero-order valence-electron chi connectivity index (χ0n) is 18.6. The second kappa shape index (κ2) is 6.92. The predicted molar refractivity (Wildman–Crippen MR) is 107 cm³/mol. The van der Waals surface area contributed by atoms with Crippen molar-refractivity contribution in [3.63, 3.8) is 0 Å². The van der Waals surface area contributed by atoms with E-state index >= 15 is 0 Å². The molecule has 7 heteroatoms. The summed E-state index contributed by atoms with van der Waals surface area (Å²) in [5.41, 5.74) is -2.34. The Kier molecular flexibility index (Phi) is 5.03. The minimum atomic E-state index is -4.42. The fourth-order valence-corrected chi connectivity index (χ4v) is 8.01. The van der Waals surface area contributed by atoms with Gasteiger partial charge < -0.3 is 4.74 Å². The first kappa shape index (κ1) is 22.5. The van der Waals surface area contributed by atoms with Crippen molar-refractivity contribution < 1.29 is 32.3 Å². The molecule has 0 bridgehead atoms. The average molecular weight is 441 g/mol. The van der Waals surface area contributed by atoms with Crippen LogP contribution in [0.5, 0.6) is 0 Å². The smallest absolute Gasteiger partial charge is 0.395 e. The molecule has 0 amide bonds. The van der Waals surface area contributed by atoms with Gasteiger partial charge in [-0.05, 0) is 80.3 Å². The van der Waals surface area contributed by atoms with Crippen LogP contribution in [-0.4, -0.2) is 29.3 Å². The van der Waals surface area contributed by atoms with E-state index in [0.717, 1.165) is 0 Å². The normalized spacial score (nSPS) is 44.6. The Balaban J connectivity index is 1.79. The number of carbonyl (C=O) groups excluding carboxylic acids is 3. The van der Waals surface area contributed by atoms with E-state index in [-0.39, 0.29) is 47.7 Å². The number of carbonyl (C=O) groups is 3. The van der Waals surface area contributed by atoms with Gasteiger partial charge in [0.1, 0.15) is 0 Å². The van der Waals surface area contributed by atoms with Crippen LogP contribution in [0.4, 0.5) is 13.2 Å². The third kappa shape index (κ3) is 3.05. The highest BCUT2D eigenvalue weighted by Gasteiger charge is 2.69. The number of ketones is 2. The third-order valence-corrected chi connectivity index (χ3v) is 9.41. The fraction of sp³-hybridized carbons (Fsp3) is 0.792. The molecule has 0 heterocycles. The molecule has 0 aliphatic heterocycles. The molecular weight excluding hydrogens is 409 g/mol. The topological polar surface area (TPSA) is 60.4 Å². The Labute approximate surface area is 181 Å². The first-order valence-corrected chi connectivity index (χ1v) is 11.3. The summed E-state index contributed by atoms with van der Waals surface area (Å²) in [5.74, 6) is -2.92. The Hall–Kier alpha value is -1.66. The lowest BCUT2D eigenvalue weighted by Gasteiger charge is -2.60. The van der Waals surface area contributed by atoms with E-state index < -0.39 is 34.5 Å². The Morgan fingerprint density at radius 3 is 2.29 bits per heavy atom. The molecule has 7 atom stereocenters. The van der Waals surface area contributed by atoms with Crippen molar-refractivity contribution in [2.45, 2.75) is 84.4 Å². The van der Waals surface area contributed by atoms with E-state index in [4.69, 9.17) is 4.74 Å². The first-order valence-electron chi connectivity index (χ1n) is 11.3. The number of esters is 1. The van der Waals surface area contributed by atoms with Gasteiger partial charge in [0.25, 0.3) is 0 Å². The van der Waals surface area contributed by atoms with Crippen molar-refractivity contribution >= 4 is 17.5 Å². The van der Waals surface area contributed by atoms with Crippen molar-refractivity contribution in [1.29, 1.82) is 0 Å². The maximum absolute atomic E-state index is 14.2. The standard InChI is InChI=1S/C24H31F3O4/c1-13(28)23(31-14(2)29)10-7-18-16-12-20(24(25,26)27)19-11-15(30)5-8-21(19,3)17(16)6-9-22(18,23)4/h11,16-18,20H,5-10,12H2,1-4H3/t16-,17+,18+,20+,21-,22+,23+/m1/s1. The van der Waals surface area contributed by atoms with Crippen molar-refractivity contribution in [3.8, 4) is 0 Å². The van der Waals surface area contributed by atoms with Crippen molar-refractivity contribution in [1.82, 2.24) is 0 Å². The maximum Gasteiger partial charge on any atom is 0.395 e. The van der Waals surface area contributed by atoms with Gasteiger partial charge in [0.15, 0.2) is 17.2 Å². The molecule has 172 valence electrons. The van der Waals surface area contributed by atoms with Crippen molar-refractivity contribution in [3.05, 3.63) is 11.6 Å². The van der Waals surface area contributed by atoms with Crippen LogP contribution in [0.15, 0.2) is 11.6 Å². The van der Waals surface area contributed by atoms with Crippen LogP contribution in [-0.2, 0) is 19.1 Å². The molecule has 0 spiro atoms. The largest absolute Gasteiger partial charge is 0.451 e. The highest BCUT2D eigenvalue weighted by Crippen LogP contribution is 2.70. The zero-order chi connectivity index (χ0) is 23.0. The number of hydrogen-bond donors (Lipinski definition) is 0. The van der Waals surface area contributed by atoms with Crippen LogP contribution in [0.3, 0.4) is 0 Å². The van der Waals surface area contributed by atoms with Crippen LogP contribution in [0.2, 0.25) is 0 Å². The molecule has 4 aliphatic rings. The van der Waals surface area contributed by atoms with E-state index in [9.17, 15) is 27.6 Å². The number of alkyl halides is 3. The molecule has 0 aromatic heterocycles. The second-order valence-corrected chi connectivity index (χ2v) is 10.7. The predicted octanol–water partition coefficient (Wildman–Crippen LogP) is 5.20. The van der Waals surface area contributed by atoms with Crippen molar-refractivity contribution in [2.75, 3.05) is 0 Å². The van der Waals surface area contributed by atoms with E-state index in [1.165, 1.54) is 19.9 Å². The molecule has 3 fully saturated rings. The third-order valence-electron chi connectivity index (χ3n) is 9.41. The number of fused-ring (bicyclic) bond motifs is 5. The van der Waals surface area contributed by atoms with E-state index in [1.807, 2.05) is 13.8 Å². The van der Waals surface area contributed by atoms with Crippen LogP contribution < -0.4 is 0 Å². The van der Waals surface area contributed by atoms with Crippen molar-refractivity contribution in [2.24, 2.45) is 34.5 Å². The number of ether oxygens (including phenoxy) is 1. The van der Waals surface area contributed by atoms with E-state index in [0.29, 0.717) is 32.1 Å². The van der Waals surface area contributed by atoms with Gasteiger partial charge in [-0.1, -0.05) is 13.8 Å². The molecule has 4 nitrogen and oxygen atoms in total. The van der Waals surface area contributed by atoms with Crippen LogP contribution in [0.25, 0.3) is 0 Å². The molecule has 31 heavy (non-hydrogen) atoms. The minimum absolute atomic E-state index is 0.0311. The highest BCUT2D eigenvalue weighted by atomic mass is 19.4. The highest BCUT2D eigenvalue weighted by molar-refractivity contribution is 5.92. The molecule has 0 N–H and O–H groups in total. The fourth-order valence-electron chi connectivity index (χ4n) is 8.01. The quantitative estimate of drug-likeness (QED) is 0.554. The number of rotatable bonds is 2. The molecule has 0 aromatic rings. The molecule has 0 radical (unpaired) electrons. The number of hydrogen-bond acceptors (Lipinski definition) is 4. The zero-order valence-corrected chi connectivity index (χ0v) is 18.6. The summed E-state index contributed by atoms with van der Waals surface area (Å²) in [7, 11) is 0. The molecule has 4 aliphatic carbocycles. The minimum Gasteiger partial charge on any atom is -0.451 e. The Morgan fingerprint density at radius 1 is 1.06 bits per heavy atom. The molecule has 3 saturated carbocycles. The second-order valence-electron chi connectivity index (χ2n) is 10.7. The van der Waals surface area contributed by atoms with Gasteiger partial charge >= 0.3 is 12.1 Å². The van der Waals surface area contributed by atoms with Gasteiger partial charge in [-0.15, -0.1) is 0 Å². The monoisotopic (exact) mass is 440 g/mol. The van der Waals surface area contributed by atoms with Gasteiger partial charge in [-0.3, -0.25) is 14.4 Å². The molecular formula is C24H31F3O4. The Bertz CT molecular complexity index is 861. The number of allylic oxidation sites excluding steroid dienone is 1. The molecule has 0 saturated heterocycles. The summed E-state index contributed by atoms with van der Waals surface area (Å²) in [5, 5.41) is 0. The summed E-state index contributed by atoms with van der Waals surface area (Å²) in [6.45, 7) is 6.55. The lowest BCUT2D eigenvalue weighted by Crippen LogP contribution is -2.60. The van der Waals surface area contributed by atoms with Crippen LogP contribution in [0.1, 0.15) is 72.6 Å². The molecule has 0 aromatic carbocycles. The maximum atomic E-state index is 14.2. The number of Topliss-reactive ketones (excluding diaryl/α,β-unsaturated/α-hetero) is 1. The Morgan fingerprint density at radius 2 is 1.71 bits per heavy atom. The van der Waals surface area contributed by atoms with Gasteiger partial charge in [0, 0.05) is 18.8 Å². The van der Waals surface area contributed by atoms with Gasteiger partial charge in [0.05, 0.1) is 5.92 Å². The lowest BCUT2D eigenvalue weighted by atomic mass is 9.44. The first-order chi connectivity index (χ1) is 14.3.